The lowest BCUT2D eigenvalue weighted by atomic mass is 9.77. The summed E-state index contributed by atoms with van der Waals surface area (Å²) < 4.78 is 5.52. The van der Waals surface area contributed by atoms with Crippen LogP contribution in [0.2, 0.25) is 0 Å². The highest BCUT2D eigenvalue weighted by Gasteiger charge is 2.30. The fraction of sp³-hybridized carbons (Fsp3) is 0.882. The average Bonchev–Trinajstić information content (AvgIpc) is 2.98. The predicted octanol–water partition coefficient (Wildman–Crippen LogP) is 4.02. The van der Waals surface area contributed by atoms with Gasteiger partial charge in [0.15, 0.2) is 5.82 Å². The molecule has 2 fully saturated rings. The molecule has 0 spiro atoms. The van der Waals surface area contributed by atoms with Crippen LogP contribution < -0.4 is 0 Å². The summed E-state index contributed by atoms with van der Waals surface area (Å²) in [4.78, 5) is 4.69. The van der Waals surface area contributed by atoms with E-state index in [1.807, 2.05) is 0 Å². The molecule has 0 aromatic carbocycles. The predicted molar refractivity (Wildman–Crippen MR) is 81.1 cm³/mol. The molecule has 1 N–H and O–H groups in total. The SMILES string of the molecule is CC(C)C1CCC(c2noc(C3CCC(O)CC3)n2)CC1. The van der Waals surface area contributed by atoms with Crippen molar-refractivity contribution in [2.24, 2.45) is 11.8 Å². The molecule has 3 rings (SSSR count). The Kier molecular flexibility index (Phi) is 4.63. The zero-order chi connectivity index (χ0) is 14.8. The van der Waals surface area contributed by atoms with Crippen molar-refractivity contribution in [1.82, 2.24) is 10.1 Å². The molecule has 2 saturated carbocycles. The minimum atomic E-state index is -0.130. The third-order valence-electron chi connectivity index (χ3n) is 5.58. The van der Waals surface area contributed by atoms with Crippen LogP contribution in [0.25, 0.3) is 0 Å². The average molecular weight is 292 g/mol. The van der Waals surface area contributed by atoms with Gasteiger partial charge in [-0.05, 0) is 63.2 Å². The maximum Gasteiger partial charge on any atom is 0.229 e. The molecule has 4 heteroatoms. The van der Waals surface area contributed by atoms with Gasteiger partial charge >= 0.3 is 0 Å². The highest BCUT2D eigenvalue weighted by atomic mass is 16.5. The van der Waals surface area contributed by atoms with E-state index in [2.05, 4.69) is 19.0 Å². The number of aromatic nitrogens is 2. The number of rotatable bonds is 3. The number of hydrogen-bond acceptors (Lipinski definition) is 4. The van der Waals surface area contributed by atoms with Crippen molar-refractivity contribution in [1.29, 1.82) is 0 Å². The van der Waals surface area contributed by atoms with Crippen molar-refractivity contribution in [3.8, 4) is 0 Å². The zero-order valence-corrected chi connectivity index (χ0v) is 13.3. The Labute approximate surface area is 127 Å². The first-order chi connectivity index (χ1) is 10.1. The van der Waals surface area contributed by atoms with E-state index in [-0.39, 0.29) is 6.10 Å². The summed E-state index contributed by atoms with van der Waals surface area (Å²) in [5.41, 5.74) is 0. The van der Waals surface area contributed by atoms with E-state index in [0.29, 0.717) is 11.8 Å². The Balaban J connectivity index is 1.58. The summed E-state index contributed by atoms with van der Waals surface area (Å²) in [6.45, 7) is 4.66. The first kappa shape index (κ1) is 15.0. The minimum Gasteiger partial charge on any atom is -0.393 e. The van der Waals surface area contributed by atoms with Gasteiger partial charge in [-0.2, -0.15) is 4.98 Å². The van der Waals surface area contributed by atoms with E-state index in [1.165, 1.54) is 25.7 Å². The van der Waals surface area contributed by atoms with Gasteiger partial charge in [0.05, 0.1) is 6.10 Å². The normalized spacial score (nSPS) is 34.3. The highest BCUT2D eigenvalue weighted by Crippen LogP contribution is 2.38. The van der Waals surface area contributed by atoms with Gasteiger partial charge in [-0.3, -0.25) is 0 Å². The Morgan fingerprint density at radius 2 is 1.57 bits per heavy atom. The summed E-state index contributed by atoms with van der Waals surface area (Å²) in [5.74, 6) is 4.25. The lowest BCUT2D eigenvalue weighted by Gasteiger charge is -2.29. The van der Waals surface area contributed by atoms with Crippen LogP contribution in [-0.2, 0) is 0 Å². The lowest BCUT2D eigenvalue weighted by Crippen LogP contribution is -2.19. The molecule has 1 heterocycles. The molecule has 1 aromatic heterocycles. The fourth-order valence-corrected chi connectivity index (χ4v) is 3.95. The first-order valence-corrected chi connectivity index (χ1v) is 8.65. The maximum absolute atomic E-state index is 9.59. The van der Waals surface area contributed by atoms with Crippen LogP contribution in [0, 0.1) is 11.8 Å². The quantitative estimate of drug-likeness (QED) is 0.914. The van der Waals surface area contributed by atoms with E-state index >= 15 is 0 Å². The van der Waals surface area contributed by atoms with Gasteiger partial charge in [0.1, 0.15) is 0 Å². The number of hydrogen-bond donors (Lipinski definition) is 1. The number of aliphatic hydroxyl groups excluding tert-OH is 1. The molecule has 0 bridgehead atoms. The molecule has 21 heavy (non-hydrogen) atoms. The van der Waals surface area contributed by atoms with E-state index in [4.69, 9.17) is 9.51 Å². The summed E-state index contributed by atoms with van der Waals surface area (Å²) in [7, 11) is 0. The molecule has 0 saturated heterocycles. The summed E-state index contributed by atoms with van der Waals surface area (Å²) in [6.07, 6.45) is 8.53. The van der Waals surface area contributed by atoms with Crippen LogP contribution in [-0.4, -0.2) is 21.4 Å². The van der Waals surface area contributed by atoms with Crippen LogP contribution in [0.4, 0.5) is 0 Å². The van der Waals surface area contributed by atoms with Crippen molar-refractivity contribution < 1.29 is 9.63 Å². The van der Waals surface area contributed by atoms with Crippen molar-refractivity contribution in [2.75, 3.05) is 0 Å². The fourth-order valence-electron chi connectivity index (χ4n) is 3.95. The second-order valence-corrected chi connectivity index (χ2v) is 7.35. The van der Waals surface area contributed by atoms with Crippen LogP contribution in [0.1, 0.15) is 88.8 Å². The Morgan fingerprint density at radius 3 is 2.19 bits per heavy atom. The standard InChI is InChI=1S/C17H28N2O2/c1-11(2)12-3-5-13(6-4-12)16-18-17(21-19-16)14-7-9-15(20)10-8-14/h11-15,20H,3-10H2,1-2H3. The van der Waals surface area contributed by atoms with Crippen LogP contribution >= 0.6 is 0 Å². The van der Waals surface area contributed by atoms with E-state index in [1.54, 1.807) is 0 Å². The molecule has 4 nitrogen and oxygen atoms in total. The second-order valence-electron chi connectivity index (χ2n) is 7.35. The molecule has 2 aliphatic rings. The Hall–Kier alpha value is -0.900. The van der Waals surface area contributed by atoms with Gasteiger partial charge in [-0.25, -0.2) is 0 Å². The molecular formula is C17H28N2O2. The topological polar surface area (TPSA) is 59.2 Å². The number of nitrogens with zero attached hydrogens (tertiary/aromatic N) is 2. The molecule has 0 unspecified atom stereocenters. The van der Waals surface area contributed by atoms with Crippen LogP contribution in [0.15, 0.2) is 4.52 Å². The minimum absolute atomic E-state index is 0.130. The molecule has 118 valence electrons. The third-order valence-corrected chi connectivity index (χ3v) is 5.58. The van der Waals surface area contributed by atoms with Gasteiger partial charge in [0.25, 0.3) is 0 Å². The smallest absolute Gasteiger partial charge is 0.229 e. The summed E-state index contributed by atoms with van der Waals surface area (Å²) >= 11 is 0. The Bertz CT molecular complexity index is 441. The monoisotopic (exact) mass is 292 g/mol. The maximum atomic E-state index is 9.59. The van der Waals surface area contributed by atoms with Gasteiger partial charge in [0, 0.05) is 11.8 Å². The van der Waals surface area contributed by atoms with Crippen LogP contribution in [0.5, 0.6) is 0 Å². The largest absolute Gasteiger partial charge is 0.393 e. The molecule has 0 amide bonds. The molecule has 2 aliphatic carbocycles. The summed E-state index contributed by atoms with van der Waals surface area (Å²) in [5, 5.41) is 13.8. The second kappa shape index (κ2) is 6.47. The third kappa shape index (κ3) is 3.47. The van der Waals surface area contributed by atoms with Gasteiger partial charge in [-0.1, -0.05) is 19.0 Å². The van der Waals surface area contributed by atoms with Crippen molar-refractivity contribution >= 4 is 0 Å². The zero-order valence-electron chi connectivity index (χ0n) is 13.3. The van der Waals surface area contributed by atoms with Crippen molar-refractivity contribution in [2.45, 2.75) is 83.2 Å². The van der Waals surface area contributed by atoms with Gasteiger partial charge in [-0.15, -0.1) is 0 Å². The molecule has 0 aliphatic heterocycles. The summed E-state index contributed by atoms with van der Waals surface area (Å²) in [6, 6.07) is 0. The molecule has 0 radical (unpaired) electrons. The first-order valence-electron chi connectivity index (χ1n) is 8.65. The highest BCUT2D eigenvalue weighted by molar-refractivity contribution is 5.02. The lowest BCUT2D eigenvalue weighted by molar-refractivity contribution is 0.116. The van der Waals surface area contributed by atoms with Gasteiger partial charge in [0.2, 0.25) is 5.89 Å². The molecular weight excluding hydrogens is 264 g/mol. The molecule has 1 aromatic rings. The van der Waals surface area contributed by atoms with Gasteiger partial charge < -0.3 is 9.63 Å². The van der Waals surface area contributed by atoms with E-state index < -0.39 is 0 Å². The van der Waals surface area contributed by atoms with E-state index in [9.17, 15) is 5.11 Å². The molecule has 0 atom stereocenters. The Morgan fingerprint density at radius 1 is 0.952 bits per heavy atom. The van der Waals surface area contributed by atoms with Crippen LogP contribution in [0.3, 0.4) is 0 Å². The van der Waals surface area contributed by atoms with Crippen molar-refractivity contribution in [3.05, 3.63) is 11.7 Å². The number of aliphatic hydroxyl groups is 1. The van der Waals surface area contributed by atoms with E-state index in [0.717, 1.165) is 49.2 Å². The van der Waals surface area contributed by atoms with Crippen molar-refractivity contribution in [3.63, 3.8) is 0 Å².